The number of halogens is 2. The fraction of sp³-hybridized carbons (Fsp3) is 0.348. The third-order valence-electron chi connectivity index (χ3n) is 5.31. The van der Waals surface area contributed by atoms with E-state index in [-0.39, 0.29) is 17.3 Å². The zero-order valence-electron chi connectivity index (χ0n) is 18.4. The molecule has 1 fully saturated rings. The van der Waals surface area contributed by atoms with Crippen LogP contribution in [-0.2, 0) is 4.79 Å². The molecule has 0 saturated carbocycles. The summed E-state index contributed by atoms with van der Waals surface area (Å²) in [6.45, 7) is 2.60. The fourth-order valence-electron chi connectivity index (χ4n) is 3.59. The number of anilines is 2. The van der Waals surface area contributed by atoms with Crippen LogP contribution in [-0.4, -0.2) is 45.6 Å². The van der Waals surface area contributed by atoms with Crippen LogP contribution in [0.1, 0.15) is 25.3 Å². The first-order chi connectivity index (χ1) is 15.9. The molecule has 1 aliphatic heterocycles. The highest BCUT2D eigenvalue weighted by atomic mass is 32.2. The van der Waals surface area contributed by atoms with Gasteiger partial charge in [0, 0.05) is 13.1 Å². The molecule has 0 radical (unpaired) electrons. The molecule has 1 saturated heterocycles. The lowest BCUT2D eigenvalue weighted by atomic mass is 10.2. The summed E-state index contributed by atoms with van der Waals surface area (Å²) in [6.07, 6.45) is 2.20. The Morgan fingerprint density at radius 1 is 1.09 bits per heavy atom. The molecule has 1 unspecified atom stereocenters. The van der Waals surface area contributed by atoms with Gasteiger partial charge < -0.3 is 15.0 Å². The Morgan fingerprint density at radius 3 is 2.48 bits per heavy atom. The van der Waals surface area contributed by atoms with Gasteiger partial charge in [0.25, 0.3) is 0 Å². The fourth-order valence-corrected chi connectivity index (χ4v) is 4.46. The van der Waals surface area contributed by atoms with E-state index in [1.165, 1.54) is 23.9 Å². The molecule has 0 spiro atoms. The molecule has 33 heavy (non-hydrogen) atoms. The van der Waals surface area contributed by atoms with Gasteiger partial charge in [-0.1, -0.05) is 41.6 Å². The smallest absolute Gasteiger partial charge is 0.387 e. The molecule has 1 amide bonds. The summed E-state index contributed by atoms with van der Waals surface area (Å²) >= 11 is 1.26. The van der Waals surface area contributed by atoms with Crippen LogP contribution < -0.4 is 15.0 Å². The third-order valence-corrected chi connectivity index (χ3v) is 6.35. The van der Waals surface area contributed by atoms with Crippen LogP contribution >= 0.6 is 11.8 Å². The van der Waals surface area contributed by atoms with Gasteiger partial charge >= 0.3 is 6.61 Å². The molecule has 1 N–H and O–H groups in total. The second kappa shape index (κ2) is 10.2. The van der Waals surface area contributed by atoms with Gasteiger partial charge in [0.1, 0.15) is 5.75 Å². The van der Waals surface area contributed by atoms with Crippen molar-refractivity contribution in [3.05, 3.63) is 54.1 Å². The number of alkyl halides is 2. The van der Waals surface area contributed by atoms with E-state index in [2.05, 4.69) is 25.2 Å². The molecule has 1 atom stereocenters. The third kappa shape index (κ3) is 5.44. The van der Waals surface area contributed by atoms with E-state index in [9.17, 15) is 13.6 Å². The first-order valence-electron chi connectivity index (χ1n) is 10.7. The largest absolute Gasteiger partial charge is 0.433 e. The van der Waals surface area contributed by atoms with Crippen molar-refractivity contribution < 1.29 is 18.3 Å². The lowest BCUT2D eigenvalue weighted by Gasteiger charge is -2.19. The lowest BCUT2D eigenvalue weighted by Crippen LogP contribution is -2.24. The summed E-state index contributed by atoms with van der Waals surface area (Å²) in [5.41, 5.74) is 2.24. The van der Waals surface area contributed by atoms with Gasteiger partial charge in [0.2, 0.25) is 11.9 Å². The Morgan fingerprint density at radius 2 is 1.79 bits per heavy atom. The maximum Gasteiger partial charge on any atom is 0.387 e. The van der Waals surface area contributed by atoms with Crippen molar-refractivity contribution in [1.82, 2.24) is 14.8 Å². The predicted octanol–water partition coefficient (Wildman–Crippen LogP) is 4.90. The molecule has 174 valence electrons. The van der Waals surface area contributed by atoms with E-state index >= 15 is 0 Å². The van der Waals surface area contributed by atoms with Gasteiger partial charge in [-0.15, -0.1) is 10.2 Å². The molecular formula is C23H25F2N5O2S. The van der Waals surface area contributed by atoms with Crippen LogP contribution in [0.2, 0.25) is 0 Å². The standard InChI is InChI=1S/C23H25F2N5O2S/c1-15-9-11-17(12-10-15)30-22(29-13-5-6-14-29)27-28-23(30)33-16(2)20(31)26-18-7-3-4-8-19(18)32-21(24)25/h3-4,7-12,16,21H,5-6,13-14H2,1-2H3,(H,26,31). The molecular weight excluding hydrogens is 448 g/mol. The van der Waals surface area contributed by atoms with E-state index in [1.54, 1.807) is 19.1 Å². The molecule has 0 bridgehead atoms. The van der Waals surface area contributed by atoms with Crippen molar-refractivity contribution in [2.75, 3.05) is 23.3 Å². The van der Waals surface area contributed by atoms with Gasteiger partial charge in [-0.05, 0) is 51.0 Å². The van der Waals surface area contributed by atoms with Crippen molar-refractivity contribution in [3.8, 4) is 11.4 Å². The normalized spacial score (nSPS) is 14.5. The van der Waals surface area contributed by atoms with Crippen molar-refractivity contribution >= 4 is 29.3 Å². The lowest BCUT2D eigenvalue weighted by molar-refractivity contribution is -0.115. The molecule has 1 aromatic heterocycles. The molecule has 2 aromatic carbocycles. The zero-order chi connectivity index (χ0) is 23.4. The number of carbonyl (C=O) groups excluding carboxylic acids is 1. The van der Waals surface area contributed by atoms with E-state index in [0.29, 0.717) is 5.16 Å². The van der Waals surface area contributed by atoms with E-state index in [4.69, 9.17) is 0 Å². The number of nitrogens with zero attached hydrogens (tertiary/aromatic N) is 4. The number of amides is 1. The molecule has 7 nitrogen and oxygen atoms in total. The summed E-state index contributed by atoms with van der Waals surface area (Å²) < 4.78 is 31.8. The van der Waals surface area contributed by atoms with Crippen molar-refractivity contribution in [2.24, 2.45) is 0 Å². The molecule has 0 aliphatic carbocycles. The highest BCUT2D eigenvalue weighted by molar-refractivity contribution is 8.00. The predicted molar refractivity (Wildman–Crippen MR) is 125 cm³/mol. The molecule has 4 rings (SSSR count). The number of ether oxygens (including phenoxy) is 1. The minimum absolute atomic E-state index is 0.0859. The van der Waals surface area contributed by atoms with Crippen LogP contribution in [0, 0.1) is 6.92 Å². The van der Waals surface area contributed by atoms with Crippen LogP contribution in [0.3, 0.4) is 0 Å². The second-order valence-electron chi connectivity index (χ2n) is 7.77. The van der Waals surface area contributed by atoms with Crippen LogP contribution in [0.25, 0.3) is 5.69 Å². The first kappa shape index (κ1) is 23.0. The highest BCUT2D eigenvalue weighted by Crippen LogP contribution is 2.32. The van der Waals surface area contributed by atoms with Crippen molar-refractivity contribution in [1.29, 1.82) is 0 Å². The Labute approximate surface area is 195 Å². The van der Waals surface area contributed by atoms with Crippen molar-refractivity contribution in [3.63, 3.8) is 0 Å². The molecule has 10 heteroatoms. The second-order valence-corrected chi connectivity index (χ2v) is 9.08. The van der Waals surface area contributed by atoms with Gasteiger partial charge in [-0.3, -0.25) is 9.36 Å². The number of aromatic nitrogens is 3. The van der Waals surface area contributed by atoms with Crippen LogP contribution in [0.15, 0.2) is 53.7 Å². The SMILES string of the molecule is Cc1ccc(-n2c(SC(C)C(=O)Nc3ccccc3OC(F)F)nnc2N2CCCC2)cc1. The van der Waals surface area contributed by atoms with Crippen molar-refractivity contribution in [2.45, 2.75) is 43.7 Å². The quantitative estimate of drug-likeness (QED) is 0.470. The summed E-state index contributed by atoms with van der Waals surface area (Å²) in [4.78, 5) is 15.1. The average molecular weight is 474 g/mol. The minimum Gasteiger partial charge on any atom is -0.433 e. The number of thioether (sulfide) groups is 1. The maximum atomic E-state index is 12.9. The number of para-hydroxylation sites is 2. The number of rotatable bonds is 8. The number of benzene rings is 2. The van der Waals surface area contributed by atoms with Gasteiger partial charge in [-0.2, -0.15) is 8.78 Å². The summed E-state index contributed by atoms with van der Waals surface area (Å²) in [5, 5.41) is 11.5. The Balaban J connectivity index is 1.56. The molecule has 3 aromatic rings. The minimum atomic E-state index is -2.98. The number of carbonyl (C=O) groups is 1. The topological polar surface area (TPSA) is 72.3 Å². The van der Waals surface area contributed by atoms with E-state index in [0.717, 1.165) is 43.1 Å². The number of nitrogens with one attached hydrogen (secondary N) is 1. The Hall–Kier alpha value is -3.14. The summed E-state index contributed by atoms with van der Waals surface area (Å²) in [6, 6.07) is 14.2. The average Bonchev–Trinajstić information content (AvgIpc) is 3.45. The Kier molecular flexibility index (Phi) is 7.12. The van der Waals surface area contributed by atoms with Gasteiger partial charge in [0.05, 0.1) is 16.6 Å². The molecule has 1 aliphatic rings. The zero-order valence-corrected chi connectivity index (χ0v) is 19.2. The van der Waals surface area contributed by atoms with Gasteiger partial charge in [-0.25, -0.2) is 0 Å². The number of aryl methyl sites for hydroxylation is 1. The summed E-state index contributed by atoms with van der Waals surface area (Å²) in [7, 11) is 0. The first-order valence-corrected chi connectivity index (χ1v) is 11.6. The molecule has 2 heterocycles. The van der Waals surface area contributed by atoms with E-state index in [1.807, 2.05) is 35.8 Å². The number of hydrogen-bond donors (Lipinski definition) is 1. The highest BCUT2D eigenvalue weighted by Gasteiger charge is 2.25. The maximum absolute atomic E-state index is 12.9. The summed E-state index contributed by atoms with van der Waals surface area (Å²) in [5.74, 6) is 0.311. The van der Waals surface area contributed by atoms with Gasteiger partial charge in [0.15, 0.2) is 5.16 Å². The number of hydrogen-bond acceptors (Lipinski definition) is 6. The van der Waals surface area contributed by atoms with E-state index < -0.39 is 11.9 Å². The van der Waals surface area contributed by atoms with Crippen LogP contribution in [0.5, 0.6) is 5.75 Å². The Bertz CT molecular complexity index is 1100. The monoisotopic (exact) mass is 473 g/mol. The van der Waals surface area contributed by atoms with Crippen LogP contribution in [0.4, 0.5) is 20.4 Å².